The summed E-state index contributed by atoms with van der Waals surface area (Å²) < 4.78 is 5.14. The maximum Gasteiger partial charge on any atom is 0.292 e. The number of aromatic nitrogens is 1. The van der Waals surface area contributed by atoms with Crippen LogP contribution in [0.5, 0.6) is 5.75 Å². The molecule has 0 spiro atoms. The van der Waals surface area contributed by atoms with Gasteiger partial charge in [0.2, 0.25) is 0 Å². The number of nitrogens with one attached hydrogen (secondary N) is 1. The Labute approximate surface area is 159 Å². The summed E-state index contributed by atoms with van der Waals surface area (Å²) in [5.41, 5.74) is 2.18. The van der Waals surface area contributed by atoms with E-state index in [0.717, 1.165) is 17.0 Å². The van der Waals surface area contributed by atoms with E-state index < -0.39 is 4.92 Å². The average molecular weight is 378 g/mol. The van der Waals surface area contributed by atoms with Crippen LogP contribution in [0, 0.1) is 21.4 Å². The third-order valence-electron chi connectivity index (χ3n) is 3.71. The quantitative estimate of drug-likeness (QED) is 0.379. The van der Waals surface area contributed by atoms with Gasteiger partial charge in [0.25, 0.3) is 5.69 Å². The zero-order valence-electron chi connectivity index (χ0n) is 14.2. The minimum absolute atomic E-state index is 0.0656. The van der Waals surface area contributed by atoms with Crippen LogP contribution in [0.25, 0.3) is 16.8 Å². The first-order chi connectivity index (χ1) is 13.1. The SMILES string of the molecule is COc1ccc(-c2csc(C(C#N)=CNc3ccccc3[N+](=O)[O-])n2)cc1. The predicted molar refractivity (Wildman–Crippen MR) is 104 cm³/mol. The average Bonchev–Trinajstić information content (AvgIpc) is 3.19. The van der Waals surface area contributed by atoms with E-state index in [1.807, 2.05) is 29.6 Å². The normalized spacial score (nSPS) is 10.9. The largest absolute Gasteiger partial charge is 0.497 e. The lowest BCUT2D eigenvalue weighted by atomic mass is 10.2. The lowest BCUT2D eigenvalue weighted by Gasteiger charge is -2.02. The third kappa shape index (κ3) is 4.11. The van der Waals surface area contributed by atoms with Crippen LogP contribution in [0.15, 0.2) is 60.1 Å². The van der Waals surface area contributed by atoms with Crippen molar-refractivity contribution in [2.24, 2.45) is 0 Å². The van der Waals surface area contributed by atoms with Gasteiger partial charge in [-0.05, 0) is 30.3 Å². The molecule has 1 N–H and O–H groups in total. The topological polar surface area (TPSA) is 101 Å². The molecule has 1 aromatic heterocycles. The van der Waals surface area contributed by atoms with Crippen LogP contribution in [-0.2, 0) is 0 Å². The van der Waals surface area contributed by atoms with Gasteiger partial charge in [-0.2, -0.15) is 5.26 Å². The Balaban J connectivity index is 1.84. The summed E-state index contributed by atoms with van der Waals surface area (Å²) in [5, 5.41) is 25.7. The second kappa shape index (κ2) is 8.12. The molecule has 0 aliphatic rings. The minimum Gasteiger partial charge on any atom is -0.497 e. The fourth-order valence-corrected chi connectivity index (χ4v) is 3.13. The van der Waals surface area contributed by atoms with Crippen LogP contribution in [0.3, 0.4) is 0 Å². The van der Waals surface area contributed by atoms with E-state index in [0.29, 0.717) is 10.7 Å². The van der Waals surface area contributed by atoms with Crippen LogP contribution >= 0.6 is 11.3 Å². The molecular formula is C19H14N4O3S. The van der Waals surface area contributed by atoms with E-state index in [1.54, 1.807) is 25.3 Å². The molecule has 1 heterocycles. The predicted octanol–water partition coefficient (Wildman–Crippen LogP) is 4.70. The van der Waals surface area contributed by atoms with Gasteiger partial charge in [-0.1, -0.05) is 12.1 Å². The maximum absolute atomic E-state index is 11.1. The van der Waals surface area contributed by atoms with Gasteiger partial charge in [0.05, 0.1) is 17.7 Å². The van der Waals surface area contributed by atoms with Crippen molar-refractivity contribution >= 4 is 28.3 Å². The van der Waals surface area contributed by atoms with Crippen molar-refractivity contribution in [3.8, 4) is 23.1 Å². The Bertz CT molecular complexity index is 1040. The second-order valence-corrected chi connectivity index (χ2v) is 6.21. The first-order valence-corrected chi connectivity index (χ1v) is 8.71. The summed E-state index contributed by atoms with van der Waals surface area (Å²) in [6.07, 6.45) is 1.43. The number of nitriles is 1. The first-order valence-electron chi connectivity index (χ1n) is 7.83. The van der Waals surface area contributed by atoms with E-state index in [1.165, 1.54) is 23.6 Å². The zero-order valence-corrected chi connectivity index (χ0v) is 15.1. The molecule has 7 nitrogen and oxygen atoms in total. The highest BCUT2D eigenvalue weighted by atomic mass is 32.1. The molecule has 2 aromatic carbocycles. The van der Waals surface area contributed by atoms with Gasteiger partial charge < -0.3 is 10.1 Å². The van der Waals surface area contributed by atoms with Gasteiger partial charge in [0.1, 0.15) is 28.1 Å². The second-order valence-electron chi connectivity index (χ2n) is 5.35. The Hall–Kier alpha value is -3.70. The van der Waals surface area contributed by atoms with Gasteiger partial charge in [0, 0.05) is 23.2 Å². The zero-order chi connectivity index (χ0) is 19.2. The number of para-hydroxylation sites is 2. The van der Waals surface area contributed by atoms with Crippen molar-refractivity contribution in [3.05, 3.63) is 75.2 Å². The molecule has 134 valence electrons. The van der Waals surface area contributed by atoms with Crippen LogP contribution < -0.4 is 10.1 Å². The smallest absolute Gasteiger partial charge is 0.292 e. The fraction of sp³-hybridized carbons (Fsp3) is 0.0526. The van der Waals surface area contributed by atoms with Gasteiger partial charge in [-0.3, -0.25) is 10.1 Å². The van der Waals surface area contributed by atoms with Crippen molar-refractivity contribution < 1.29 is 9.66 Å². The van der Waals surface area contributed by atoms with Crippen LogP contribution in [0.4, 0.5) is 11.4 Å². The number of nitro groups is 1. The summed E-state index contributed by atoms with van der Waals surface area (Å²) >= 11 is 1.33. The van der Waals surface area contributed by atoms with Gasteiger partial charge in [-0.15, -0.1) is 11.3 Å². The molecule has 0 atom stereocenters. The van der Waals surface area contributed by atoms with Gasteiger partial charge in [0.15, 0.2) is 0 Å². The summed E-state index contributed by atoms with van der Waals surface area (Å²) in [4.78, 5) is 15.1. The highest BCUT2D eigenvalue weighted by molar-refractivity contribution is 7.11. The van der Waals surface area contributed by atoms with Crippen molar-refractivity contribution in [2.75, 3.05) is 12.4 Å². The van der Waals surface area contributed by atoms with E-state index in [2.05, 4.69) is 16.4 Å². The number of rotatable bonds is 6. The fourth-order valence-electron chi connectivity index (χ4n) is 2.34. The van der Waals surface area contributed by atoms with Gasteiger partial charge >= 0.3 is 0 Å². The van der Waals surface area contributed by atoms with E-state index >= 15 is 0 Å². The van der Waals surface area contributed by atoms with Gasteiger partial charge in [-0.25, -0.2) is 4.98 Å². The molecular weight excluding hydrogens is 364 g/mol. The number of thiazole rings is 1. The lowest BCUT2D eigenvalue weighted by Crippen LogP contribution is -1.96. The molecule has 3 aromatic rings. The molecule has 0 saturated carbocycles. The molecule has 0 fully saturated rings. The molecule has 3 rings (SSSR count). The van der Waals surface area contributed by atoms with Crippen LogP contribution in [0.2, 0.25) is 0 Å². The first kappa shape index (κ1) is 18.1. The molecule has 0 aliphatic carbocycles. The Morgan fingerprint density at radius 2 is 2.04 bits per heavy atom. The molecule has 8 heteroatoms. The number of hydrogen-bond acceptors (Lipinski definition) is 7. The Morgan fingerprint density at radius 3 is 2.70 bits per heavy atom. The number of nitrogens with zero attached hydrogens (tertiary/aromatic N) is 3. The monoisotopic (exact) mass is 378 g/mol. The van der Waals surface area contributed by atoms with Crippen molar-refractivity contribution in [1.29, 1.82) is 5.26 Å². The number of benzene rings is 2. The van der Waals surface area contributed by atoms with Crippen molar-refractivity contribution in [2.45, 2.75) is 0 Å². The Kier molecular flexibility index (Phi) is 5.44. The van der Waals surface area contributed by atoms with E-state index in [9.17, 15) is 15.4 Å². The summed E-state index contributed by atoms with van der Waals surface area (Å²) in [5.74, 6) is 0.750. The van der Waals surface area contributed by atoms with Crippen molar-refractivity contribution in [1.82, 2.24) is 4.98 Å². The third-order valence-corrected chi connectivity index (χ3v) is 4.59. The number of methoxy groups -OCH3 is 1. The highest BCUT2D eigenvalue weighted by Gasteiger charge is 2.13. The molecule has 0 amide bonds. The van der Waals surface area contributed by atoms with E-state index in [-0.39, 0.29) is 11.3 Å². The number of ether oxygens (including phenoxy) is 1. The number of nitro benzene ring substituents is 1. The minimum atomic E-state index is -0.479. The standard InChI is InChI=1S/C19H14N4O3S/c1-26-15-8-6-13(7-9-15)17-12-27-19(22-17)14(10-20)11-21-16-4-2-3-5-18(16)23(24)25/h2-9,11-12,21H,1H3. The van der Waals surface area contributed by atoms with Crippen LogP contribution in [-0.4, -0.2) is 17.0 Å². The highest BCUT2D eigenvalue weighted by Crippen LogP contribution is 2.28. The summed E-state index contributed by atoms with van der Waals surface area (Å²) in [7, 11) is 1.60. The lowest BCUT2D eigenvalue weighted by molar-refractivity contribution is -0.383. The van der Waals surface area contributed by atoms with Crippen LogP contribution in [0.1, 0.15) is 5.01 Å². The van der Waals surface area contributed by atoms with Crippen molar-refractivity contribution in [3.63, 3.8) is 0 Å². The van der Waals surface area contributed by atoms with E-state index in [4.69, 9.17) is 4.74 Å². The molecule has 0 radical (unpaired) electrons. The summed E-state index contributed by atoms with van der Waals surface area (Å²) in [6.45, 7) is 0. The molecule has 0 bridgehead atoms. The molecule has 27 heavy (non-hydrogen) atoms. The summed E-state index contributed by atoms with van der Waals surface area (Å²) in [6, 6.07) is 15.8. The molecule has 0 saturated heterocycles. The maximum atomic E-state index is 11.1. The molecule has 0 aliphatic heterocycles. The molecule has 0 unspecified atom stereocenters. The Morgan fingerprint density at radius 1 is 1.30 bits per heavy atom. The number of allylic oxidation sites excluding steroid dienone is 1. The number of hydrogen-bond donors (Lipinski definition) is 1. The number of anilines is 1.